The van der Waals surface area contributed by atoms with Crippen molar-refractivity contribution >= 4 is 11.6 Å². The van der Waals surface area contributed by atoms with E-state index in [-0.39, 0.29) is 11.9 Å². The Bertz CT molecular complexity index is 392. The molecule has 1 aromatic rings. The Balaban J connectivity index is 1.93. The highest BCUT2D eigenvalue weighted by Gasteiger charge is 2.19. The molecule has 17 heavy (non-hydrogen) atoms. The summed E-state index contributed by atoms with van der Waals surface area (Å²) in [6.07, 6.45) is 3.05. The number of para-hydroxylation sites is 1. The van der Waals surface area contributed by atoms with Crippen LogP contribution in [0.5, 0.6) is 0 Å². The molecule has 4 N–H and O–H groups in total. The van der Waals surface area contributed by atoms with Crippen molar-refractivity contribution in [3.8, 4) is 0 Å². The van der Waals surface area contributed by atoms with E-state index in [2.05, 4.69) is 10.6 Å². The standard InChI is InChI=1S/C13H19N3O/c14-11-6-2-1-5-10(11)9-16-12-7-3-4-8-15-13(12)17/h1-2,5-6,12,16H,3-4,7-9,14H2,(H,15,17). The zero-order valence-electron chi connectivity index (χ0n) is 9.91. The lowest BCUT2D eigenvalue weighted by molar-refractivity contribution is -0.122. The van der Waals surface area contributed by atoms with Crippen LogP contribution in [0, 0.1) is 0 Å². The van der Waals surface area contributed by atoms with Gasteiger partial charge in [0.25, 0.3) is 0 Å². The summed E-state index contributed by atoms with van der Waals surface area (Å²) in [5.41, 5.74) is 7.68. The number of nitrogens with two attached hydrogens (primary N) is 1. The molecule has 1 aliphatic heterocycles. The summed E-state index contributed by atoms with van der Waals surface area (Å²) in [6.45, 7) is 1.44. The van der Waals surface area contributed by atoms with E-state index < -0.39 is 0 Å². The molecule has 1 saturated heterocycles. The zero-order chi connectivity index (χ0) is 12.1. The number of benzene rings is 1. The first-order chi connectivity index (χ1) is 8.27. The number of carbonyl (C=O) groups excluding carboxylic acids is 1. The fraction of sp³-hybridized carbons (Fsp3) is 0.462. The third-order valence-electron chi connectivity index (χ3n) is 3.13. The summed E-state index contributed by atoms with van der Waals surface area (Å²) in [5.74, 6) is 0.108. The molecule has 0 aromatic heterocycles. The Hall–Kier alpha value is -1.55. The number of carbonyl (C=O) groups is 1. The normalized spacial score (nSPS) is 20.7. The molecule has 0 radical (unpaired) electrons. The van der Waals surface area contributed by atoms with Crippen LogP contribution in [-0.2, 0) is 11.3 Å². The van der Waals surface area contributed by atoms with Gasteiger partial charge in [-0.25, -0.2) is 0 Å². The van der Waals surface area contributed by atoms with Crippen molar-refractivity contribution in [3.63, 3.8) is 0 Å². The molecule has 0 saturated carbocycles. The molecule has 1 unspecified atom stereocenters. The van der Waals surface area contributed by atoms with E-state index in [1.165, 1.54) is 0 Å². The smallest absolute Gasteiger partial charge is 0.237 e. The predicted molar refractivity (Wildman–Crippen MR) is 68.3 cm³/mol. The lowest BCUT2D eigenvalue weighted by atomic mass is 10.1. The van der Waals surface area contributed by atoms with Gasteiger partial charge < -0.3 is 16.4 Å². The summed E-state index contributed by atoms with van der Waals surface area (Å²) in [6, 6.07) is 7.65. The highest BCUT2D eigenvalue weighted by molar-refractivity contribution is 5.81. The molecule has 0 bridgehead atoms. The van der Waals surface area contributed by atoms with Gasteiger partial charge in [0.05, 0.1) is 6.04 Å². The second kappa shape index (κ2) is 5.68. The molecule has 0 spiro atoms. The molecule has 1 atom stereocenters. The van der Waals surface area contributed by atoms with Crippen molar-refractivity contribution in [1.82, 2.24) is 10.6 Å². The molecule has 1 fully saturated rings. The van der Waals surface area contributed by atoms with Gasteiger partial charge in [0.1, 0.15) is 0 Å². The summed E-state index contributed by atoms with van der Waals surface area (Å²) >= 11 is 0. The lowest BCUT2D eigenvalue weighted by Crippen LogP contribution is -2.42. The Labute approximate surface area is 102 Å². The topological polar surface area (TPSA) is 67.2 Å². The van der Waals surface area contributed by atoms with Gasteiger partial charge >= 0.3 is 0 Å². The molecule has 92 valence electrons. The molecule has 2 rings (SSSR count). The molecule has 1 amide bonds. The maximum Gasteiger partial charge on any atom is 0.237 e. The van der Waals surface area contributed by atoms with E-state index in [4.69, 9.17) is 5.73 Å². The van der Waals surface area contributed by atoms with Crippen LogP contribution in [0.25, 0.3) is 0 Å². The Morgan fingerprint density at radius 1 is 1.35 bits per heavy atom. The van der Waals surface area contributed by atoms with Gasteiger partial charge in [-0.1, -0.05) is 18.2 Å². The second-order valence-electron chi connectivity index (χ2n) is 4.42. The average molecular weight is 233 g/mol. The van der Waals surface area contributed by atoms with Crippen molar-refractivity contribution in [1.29, 1.82) is 0 Å². The van der Waals surface area contributed by atoms with Crippen LogP contribution in [0.1, 0.15) is 24.8 Å². The molecule has 4 nitrogen and oxygen atoms in total. The first kappa shape index (κ1) is 11.9. The van der Waals surface area contributed by atoms with Crippen LogP contribution in [0.3, 0.4) is 0 Å². The van der Waals surface area contributed by atoms with E-state index >= 15 is 0 Å². The molecule has 4 heteroatoms. The number of rotatable bonds is 3. The van der Waals surface area contributed by atoms with Crippen molar-refractivity contribution in [2.45, 2.75) is 31.8 Å². The molecule has 1 heterocycles. The van der Waals surface area contributed by atoms with Gasteiger partial charge in [-0.3, -0.25) is 4.79 Å². The van der Waals surface area contributed by atoms with E-state index in [9.17, 15) is 4.79 Å². The van der Waals surface area contributed by atoms with Crippen LogP contribution in [-0.4, -0.2) is 18.5 Å². The zero-order valence-corrected chi connectivity index (χ0v) is 9.91. The maximum absolute atomic E-state index is 11.7. The van der Waals surface area contributed by atoms with E-state index in [0.29, 0.717) is 6.54 Å². The molecule has 1 aliphatic rings. The van der Waals surface area contributed by atoms with Gasteiger partial charge in [-0.15, -0.1) is 0 Å². The minimum Gasteiger partial charge on any atom is -0.398 e. The third kappa shape index (κ3) is 3.20. The first-order valence-corrected chi connectivity index (χ1v) is 6.12. The Morgan fingerprint density at radius 2 is 2.18 bits per heavy atom. The predicted octanol–water partition coefficient (Wildman–Crippen LogP) is 1.03. The third-order valence-corrected chi connectivity index (χ3v) is 3.13. The van der Waals surface area contributed by atoms with Crippen LogP contribution < -0.4 is 16.4 Å². The molecule has 1 aromatic carbocycles. The molecule has 0 aliphatic carbocycles. The minimum atomic E-state index is -0.0860. The number of hydrogen-bond donors (Lipinski definition) is 3. The lowest BCUT2D eigenvalue weighted by Gasteiger charge is -2.15. The summed E-state index contributed by atoms with van der Waals surface area (Å²) in [5, 5.41) is 6.19. The average Bonchev–Trinajstić information content (AvgIpc) is 2.53. The number of nitrogens with one attached hydrogen (secondary N) is 2. The summed E-state index contributed by atoms with van der Waals surface area (Å²) < 4.78 is 0. The van der Waals surface area contributed by atoms with Gasteiger partial charge in [0, 0.05) is 18.8 Å². The highest BCUT2D eigenvalue weighted by atomic mass is 16.2. The van der Waals surface area contributed by atoms with Crippen molar-refractivity contribution in [2.24, 2.45) is 0 Å². The van der Waals surface area contributed by atoms with E-state index in [1.807, 2.05) is 24.3 Å². The van der Waals surface area contributed by atoms with Crippen molar-refractivity contribution in [2.75, 3.05) is 12.3 Å². The Morgan fingerprint density at radius 3 is 3.00 bits per heavy atom. The van der Waals surface area contributed by atoms with Crippen LogP contribution in [0.15, 0.2) is 24.3 Å². The first-order valence-electron chi connectivity index (χ1n) is 6.12. The van der Waals surface area contributed by atoms with Crippen molar-refractivity contribution < 1.29 is 4.79 Å². The van der Waals surface area contributed by atoms with Crippen LogP contribution >= 0.6 is 0 Å². The number of hydrogen-bond acceptors (Lipinski definition) is 3. The Kier molecular flexibility index (Phi) is 3.98. The van der Waals surface area contributed by atoms with Crippen molar-refractivity contribution in [3.05, 3.63) is 29.8 Å². The minimum absolute atomic E-state index is 0.0860. The number of nitrogen functional groups attached to an aromatic ring is 1. The quantitative estimate of drug-likeness (QED) is 0.683. The fourth-order valence-corrected chi connectivity index (χ4v) is 2.06. The highest BCUT2D eigenvalue weighted by Crippen LogP contribution is 2.11. The van der Waals surface area contributed by atoms with Crippen LogP contribution in [0.4, 0.5) is 5.69 Å². The van der Waals surface area contributed by atoms with Gasteiger partial charge in [-0.05, 0) is 30.9 Å². The summed E-state index contributed by atoms with van der Waals surface area (Å²) in [4.78, 5) is 11.7. The van der Waals surface area contributed by atoms with E-state index in [1.54, 1.807) is 0 Å². The second-order valence-corrected chi connectivity index (χ2v) is 4.42. The molecular weight excluding hydrogens is 214 g/mol. The van der Waals surface area contributed by atoms with Gasteiger partial charge in [0.15, 0.2) is 0 Å². The largest absolute Gasteiger partial charge is 0.398 e. The monoisotopic (exact) mass is 233 g/mol. The van der Waals surface area contributed by atoms with E-state index in [0.717, 1.165) is 37.1 Å². The SMILES string of the molecule is Nc1ccccc1CNC1CCCCNC1=O. The fourth-order valence-electron chi connectivity index (χ4n) is 2.06. The van der Waals surface area contributed by atoms with Gasteiger partial charge in [0.2, 0.25) is 5.91 Å². The number of amides is 1. The maximum atomic E-state index is 11.7. The number of anilines is 1. The summed E-state index contributed by atoms with van der Waals surface area (Å²) in [7, 11) is 0. The van der Waals surface area contributed by atoms with Crippen LogP contribution in [0.2, 0.25) is 0 Å². The van der Waals surface area contributed by atoms with Gasteiger partial charge in [-0.2, -0.15) is 0 Å². The molecular formula is C13H19N3O.